The molecule has 0 N–H and O–H groups in total. The lowest BCUT2D eigenvalue weighted by atomic mass is 9.92. The van der Waals surface area contributed by atoms with Crippen molar-refractivity contribution >= 4 is 6.21 Å². The van der Waals surface area contributed by atoms with Gasteiger partial charge in [-0.15, -0.1) is 0 Å². The Morgan fingerprint density at radius 3 is 2.16 bits per heavy atom. The molecule has 25 heavy (non-hydrogen) atoms. The molecule has 0 heterocycles. The lowest BCUT2D eigenvalue weighted by Crippen LogP contribution is -2.00. The van der Waals surface area contributed by atoms with Gasteiger partial charge in [0.05, 0.1) is 0 Å². The summed E-state index contributed by atoms with van der Waals surface area (Å²) in [5.74, 6) is 0. The predicted molar refractivity (Wildman–Crippen MR) is 112 cm³/mol. The normalized spacial score (nSPS) is 15.6. The van der Waals surface area contributed by atoms with Gasteiger partial charge in [-0.1, -0.05) is 49.8 Å². The fraction of sp³-hybridized carbons (Fsp3) is 0.542. The van der Waals surface area contributed by atoms with E-state index in [4.69, 9.17) is 0 Å². The molecule has 0 fully saturated rings. The van der Waals surface area contributed by atoms with Crippen LogP contribution in [-0.4, -0.2) is 12.8 Å². The molecule has 0 saturated carbocycles. The minimum Gasteiger partial charge on any atom is -0.293 e. The molecule has 0 bridgehead atoms. The highest BCUT2D eigenvalue weighted by atomic mass is 14.7. The molecule has 0 unspecified atom stereocenters. The van der Waals surface area contributed by atoms with Crippen LogP contribution < -0.4 is 0 Å². The third-order valence-corrected chi connectivity index (χ3v) is 5.01. The van der Waals surface area contributed by atoms with Crippen molar-refractivity contribution < 1.29 is 0 Å². The van der Waals surface area contributed by atoms with Crippen molar-refractivity contribution in [1.29, 1.82) is 0 Å². The summed E-state index contributed by atoms with van der Waals surface area (Å²) in [7, 11) is 0. The summed E-state index contributed by atoms with van der Waals surface area (Å²) in [5.41, 5.74) is 5.91. The van der Waals surface area contributed by atoms with E-state index in [0.29, 0.717) is 0 Å². The van der Waals surface area contributed by atoms with Crippen LogP contribution in [0.25, 0.3) is 0 Å². The van der Waals surface area contributed by atoms with Crippen molar-refractivity contribution in [2.75, 3.05) is 6.54 Å². The quantitative estimate of drug-likeness (QED) is 0.326. The van der Waals surface area contributed by atoms with E-state index in [1.165, 1.54) is 86.5 Å². The summed E-state index contributed by atoms with van der Waals surface area (Å²) >= 11 is 0. The molecule has 0 aliphatic heterocycles. The van der Waals surface area contributed by atoms with E-state index in [0.717, 1.165) is 6.54 Å². The first-order chi connectivity index (χ1) is 12.3. The standard InChI is InChI=1S/C24H35N/c1-3-5-11-21-15-17-22(18-16-21)12-8-9-19-25-20-24-14-7-6-13-23(24)10-4-2/h4,10,15-18,20H,3,5-9,11-14,19H2,1-2H3/b10-4-,25-20?. The first kappa shape index (κ1) is 19.7. The van der Waals surface area contributed by atoms with Gasteiger partial charge in [-0.2, -0.15) is 0 Å². The van der Waals surface area contributed by atoms with E-state index in [1.807, 2.05) is 0 Å². The maximum Gasteiger partial charge on any atom is 0.0389 e. The second-order valence-corrected chi connectivity index (χ2v) is 7.17. The third-order valence-electron chi connectivity index (χ3n) is 5.01. The largest absolute Gasteiger partial charge is 0.293 e. The van der Waals surface area contributed by atoms with E-state index in [9.17, 15) is 0 Å². The van der Waals surface area contributed by atoms with E-state index in [-0.39, 0.29) is 0 Å². The zero-order chi connectivity index (χ0) is 17.7. The molecular formula is C24H35N. The van der Waals surface area contributed by atoms with Gasteiger partial charge in [0, 0.05) is 12.8 Å². The van der Waals surface area contributed by atoms with Crippen molar-refractivity contribution in [3.63, 3.8) is 0 Å². The average Bonchev–Trinajstić information content (AvgIpc) is 2.65. The highest BCUT2D eigenvalue weighted by Crippen LogP contribution is 2.24. The molecule has 1 aliphatic rings. The highest BCUT2D eigenvalue weighted by molar-refractivity contribution is 5.80. The van der Waals surface area contributed by atoms with Crippen molar-refractivity contribution in [3.05, 3.63) is 58.7 Å². The molecule has 136 valence electrons. The van der Waals surface area contributed by atoms with Gasteiger partial charge in [0.1, 0.15) is 0 Å². The van der Waals surface area contributed by atoms with E-state index >= 15 is 0 Å². The smallest absolute Gasteiger partial charge is 0.0389 e. The Morgan fingerprint density at radius 2 is 1.52 bits per heavy atom. The third kappa shape index (κ3) is 7.42. The average molecular weight is 338 g/mol. The Labute approximate surface area is 155 Å². The monoisotopic (exact) mass is 337 g/mol. The van der Waals surface area contributed by atoms with Crippen molar-refractivity contribution in [3.8, 4) is 0 Å². The zero-order valence-electron chi connectivity index (χ0n) is 16.3. The Morgan fingerprint density at radius 1 is 0.880 bits per heavy atom. The first-order valence-corrected chi connectivity index (χ1v) is 10.3. The molecule has 1 nitrogen and oxygen atoms in total. The van der Waals surface area contributed by atoms with Gasteiger partial charge in [-0.05, 0) is 87.0 Å². The number of aliphatic imine (C=N–C) groups is 1. The number of hydrogen-bond acceptors (Lipinski definition) is 1. The number of benzene rings is 1. The van der Waals surface area contributed by atoms with Gasteiger partial charge < -0.3 is 0 Å². The summed E-state index contributed by atoms with van der Waals surface area (Å²) in [6, 6.07) is 9.23. The molecule has 0 spiro atoms. The Kier molecular flexibility index (Phi) is 9.33. The van der Waals surface area contributed by atoms with Gasteiger partial charge in [0.25, 0.3) is 0 Å². The zero-order valence-corrected chi connectivity index (χ0v) is 16.3. The maximum absolute atomic E-state index is 4.69. The van der Waals surface area contributed by atoms with Crippen LogP contribution >= 0.6 is 0 Å². The summed E-state index contributed by atoms with van der Waals surface area (Å²) in [4.78, 5) is 4.69. The van der Waals surface area contributed by atoms with Gasteiger partial charge in [0.15, 0.2) is 0 Å². The summed E-state index contributed by atoms with van der Waals surface area (Å²) in [6.45, 7) is 5.32. The molecule has 1 heteroatoms. The number of hydrogen-bond donors (Lipinski definition) is 0. The highest BCUT2D eigenvalue weighted by Gasteiger charge is 2.08. The lowest BCUT2D eigenvalue weighted by Gasteiger charge is -2.14. The van der Waals surface area contributed by atoms with Crippen LogP contribution in [0.15, 0.2) is 52.6 Å². The fourth-order valence-corrected chi connectivity index (χ4v) is 3.45. The summed E-state index contributed by atoms with van der Waals surface area (Å²) < 4.78 is 0. The van der Waals surface area contributed by atoms with Crippen LogP contribution in [0.4, 0.5) is 0 Å². The molecule has 1 aliphatic carbocycles. The number of allylic oxidation sites excluding steroid dienone is 4. The second-order valence-electron chi connectivity index (χ2n) is 7.17. The Hall–Kier alpha value is -1.63. The van der Waals surface area contributed by atoms with Crippen LogP contribution in [0.2, 0.25) is 0 Å². The molecule has 1 aromatic rings. The summed E-state index contributed by atoms with van der Waals surface area (Å²) in [5, 5.41) is 0. The van der Waals surface area contributed by atoms with Crippen LogP contribution in [0.1, 0.15) is 76.3 Å². The number of unbranched alkanes of at least 4 members (excludes halogenated alkanes) is 2. The molecule has 0 saturated heterocycles. The maximum atomic E-state index is 4.69. The minimum atomic E-state index is 0.960. The first-order valence-electron chi connectivity index (χ1n) is 10.3. The van der Waals surface area contributed by atoms with Gasteiger partial charge in [-0.3, -0.25) is 4.99 Å². The second kappa shape index (κ2) is 11.8. The number of aryl methyl sites for hydroxylation is 2. The predicted octanol–water partition coefficient (Wildman–Crippen LogP) is 6.87. The number of nitrogens with zero attached hydrogens (tertiary/aromatic N) is 1. The molecule has 0 amide bonds. The molecule has 0 atom stereocenters. The Bertz CT molecular complexity index is 575. The Balaban J connectivity index is 1.69. The minimum absolute atomic E-state index is 0.960. The summed E-state index contributed by atoms with van der Waals surface area (Å²) in [6.07, 6.45) is 19.0. The van der Waals surface area contributed by atoms with Gasteiger partial charge in [-0.25, -0.2) is 0 Å². The van der Waals surface area contributed by atoms with Crippen molar-refractivity contribution in [2.24, 2.45) is 4.99 Å². The van der Waals surface area contributed by atoms with E-state index < -0.39 is 0 Å². The molecule has 1 aromatic carbocycles. The van der Waals surface area contributed by atoms with Crippen LogP contribution in [0.5, 0.6) is 0 Å². The van der Waals surface area contributed by atoms with Crippen molar-refractivity contribution in [1.82, 2.24) is 0 Å². The SMILES string of the molecule is C/C=C\C1=C(C=NCCCCc2ccc(CCCC)cc2)CCCC1. The molecule has 0 radical (unpaired) electrons. The molecule has 2 rings (SSSR count). The van der Waals surface area contributed by atoms with Gasteiger partial charge >= 0.3 is 0 Å². The van der Waals surface area contributed by atoms with Crippen LogP contribution in [0, 0.1) is 0 Å². The molecular weight excluding hydrogens is 302 g/mol. The van der Waals surface area contributed by atoms with E-state index in [1.54, 1.807) is 0 Å². The molecule has 0 aromatic heterocycles. The van der Waals surface area contributed by atoms with E-state index in [2.05, 4.69) is 61.5 Å². The topological polar surface area (TPSA) is 12.4 Å². The fourth-order valence-electron chi connectivity index (χ4n) is 3.45. The van der Waals surface area contributed by atoms with Crippen LogP contribution in [-0.2, 0) is 12.8 Å². The lowest BCUT2D eigenvalue weighted by molar-refractivity contribution is 0.698. The number of rotatable bonds is 10. The van der Waals surface area contributed by atoms with Crippen LogP contribution in [0.3, 0.4) is 0 Å². The van der Waals surface area contributed by atoms with Gasteiger partial charge in [0.2, 0.25) is 0 Å². The van der Waals surface area contributed by atoms with Crippen molar-refractivity contribution in [2.45, 2.75) is 78.1 Å².